The SMILES string of the molecule is CC(C)(C)OC(=O)N1CCN(c2cccc(COS(C)(=O)=O)c2)CC1. The third-order valence-electron chi connectivity index (χ3n) is 3.65. The van der Waals surface area contributed by atoms with E-state index in [4.69, 9.17) is 8.92 Å². The van der Waals surface area contributed by atoms with Gasteiger partial charge < -0.3 is 14.5 Å². The average molecular weight is 370 g/mol. The molecular formula is C17H26N2O5S. The van der Waals surface area contributed by atoms with Crippen LogP contribution in [-0.4, -0.2) is 57.4 Å². The number of amides is 1. The third-order valence-corrected chi connectivity index (χ3v) is 4.19. The first kappa shape index (κ1) is 19.5. The fourth-order valence-corrected chi connectivity index (χ4v) is 2.84. The van der Waals surface area contributed by atoms with Crippen LogP contribution >= 0.6 is 0 Å². The van der Waals surface area contributed by atoms with E-state index in [-0.39, 0.29) is 12.7 Å². The van der Waals surface area contributed by atoms with E-state index < -0.39 is 15.7 Å². The molecule has 0 aromatic heterocycles. The molecule has 0 N–H and O–H groups in total. The molecular weight excluding hydrogens is 344 g/mol. The molecule has 2 rings (SSSR count). The zero-order valence-electron chi connectivity index (χ0n) is 15.2. The molecule has 0 bridgehead atoms. The van der Waals surface area contributed by atoms with Crippen LogP contribution in [0.5, 0.6) is 0 Å². The first-order chi connectivity index (χ1) is 11.5. The summed E-state index contributed by atoms with van der Waals surface area (Å²) in [6.45, 7) is 8.12. The number of ether oxygens (including phenoxy) is 1. The standard InChI is InChI=1S/C17H26N2O5S/c1-17(2,3)24-16(20)19-10-8-18(9-11-19)15-7-5-6-14(12-15)13-23-25(4,21)22/h5-7,12H,8-11,13H2,1-4H3. The second-order valence-corrected chi connectivity index (χ2v) is 8.73. The Labute approximate surface area is 149 Å². The van der Waals surface area contributed by atoms with Gasteiger partial charge in [-0.15, -0.1) is 0 Å². The maximum atomic E-state index is 12.1. The lowest BCUT2D eigenvalue weighted by atomic mass is 10.2. The summed E-state index contributed by atoms with van der Waals surface area (Å²) in [7, 11) is -3.46. The number of carbonyl (C=O) groups excluding carboxylic acids is 1. The van der Waals surface area contributed by atoms with Gasteiger partial charge in [0.25, 0.3) is 10.1 Å². The van der Waals surface area contributed by atoms with E-state index >= 15 is 0 Å². The second-order valence-electron chi connectivity index (χ2n) is 7.09. The van der Waals surface area contributed by atoms with Gasteiger partial charge in [0.15, 0.2) is 0 Å². The summed E-state index contributed by atoms with van der Waals surface area (Å²) in [6.07, 6.45) is 0.745. The summed E-state index contributed by atoms with van der Waals surface area (Å²) in [5, 5.41) is 0. The zero-order valence-corrected chi connectivity index (χ0v) is 16.0. The van der Waals surface area contributed by atoms with Crippen molar-refractivity contribution in [2.45, 2.75) is 33.0 Å². The van der Waals surface area contributed by atoms with Gasteiger partial charge in [-0.25, -0.2) is 4.79 Å². The topological polar surface area (TPSA) is 76.2 Å². The Kier molecular flexibility index (Phi) is 5.95. The molecule has 25 heavy (non-hydrogen) atoms. The molecule has 0 atom stereocenters. The number of anilines is 1. The van der Waals surface area contributed by atoms with Crippen LogP contribution in [0.15, 0.2) is 24.3 Å². The Balaban J connectivity index is 1.93. The van der Waals surface area contributed by atoms with E-state index in [1.807, 2.05) is 45.0 Å². The van der Waals surface area contributed by atoms with E-state index in [0.29, 0.717) is 26.2 Å². The first-order valence-electron chi connectivity index (χ1n) is 8.20. The van der Waals surface area contributed by atoms with Crippen LogP contribution in [0, 0.1) is 0 Å². The molecule has 0 saturated carbocycles. The lowest BCUT2D eigenvalue weighted by Gasteiger charge is -2.36. The summed E-state index contributed by atoms with van der Waals surface area (Å²) >= 11 is 0. The molecule has 1 saturated heterocycles. The van der Waals surface area contributed by atoms with Crippen molar-refractivity contribution >= 4 is 21.9 Å². The molecule has 7 nitrogen and oxygen atoms in total. The molecule has 0 unspecified atom stereocenters. The number of piperazine rings is 1. The monoisotopic (exact) mass is 370 g/mol. The smallest absolute Gasteiger partial charge is 0.410 e. The van der Waals surface area contributed by atoms with Crippen molar-refractivity contribution in [3.63, 3.8) is 0 Å². The lowest BCUT2D eigenvalue weighted by molar-refractivity contribution is 0.0240. The number of benzene rings is 1. The predicted molar refractivity (Wildman–Crippen MR) is 96.1 cm³/mol. The number of hydrogen-bond donors (Lipinski definition) is 0. The van der Waals surface area contributed by atoms with Crippen molar-refractivity contribution in [2.24, 2.45) is 0 Å². The van der Waals surface area contributed by atoms with E-state index in [1.165, 1.54) is 0 Å². The van der Waals surface area contributed by atoms with E-state index in [9.17, 15) is 13.2 Å². The molecule has 1 aliphatic rings. The van der Waals surface area contributed by atoms with Gasteiger partial charge >= 0.3 is 6.09 Å². The quantitative estimate of drug-likeness (QED) is 0.757. The Morgan fingerprint density at radius 3 is 2.36 bits per heavy atom. The summed E-state index contributed by atoms with van der Waals surface area (Å²) in [4.78, 5) is 16.0. The molecule has 0 spiro atoms. The van der Waals surface area contributed by atoms with Gasteiger partial charge in [-0.1, -0.05) is 12.1 Å². The number of hydrogen-bond acceptors (Lipinski definition) is 6. The van der Waals surface area contributed by atoms with Gasteiger partial charge in [0.1, 0.15) is 5.60 Å². The van der Waals surface area contributed by atoms with E-state index in [0.717, 1.165) is 17.5 Å². The number of carbonyl (C=O) groups is 1. The van der Waals surface area contributed by atoms with Crippen molar-refractivity contribution in [1.82, 2.24) is 4.90 Å². The normalized spacial score (nSPS) is 16.0. The Morgan fingerprint density at radius 2 is 1.80 bits per heavy atom. The summed E-state index contributed by atoms with van der Waals surface area (Å²) in [5.74, 6) is 0. The molecule has 0 radical (unpaired) electrons. The van der Waals surface area contributed by atoms with E-state index in [1.54, 1.807) is 4.90 Å². The molecule has 140 valence electrons. The summed E-state index contributed by atoms with van der Waals surface area (Å²) in [6, 6.07) is 7.57. The van der Waals surface area contributed by atoms with Crippen LogP contribution in [0.1, 0.15) is 26.3 Å². The first-order valence-corrected chi connectivity index (χ1v) is 10.0. The third kappa shape index (κ3) is 6.55. The van der Waals surface area contributed by atoms with Crippen LogP contribution in [0.2, 0.25) is 0 Å². The van der Waals surface area contributed by atoms with Gasteiger partial charge in [-0.3, -0.25) is 4.18 Å². The maximum Gasteiger partial charge on any atom is 0.410 e. The van der Waals surface area contributed by atoms with Gasteiger partial charge in [0.2, 0.25) is 0 Å². The van der Waals surface area contributed by atoms with Crippen molar-refractivity contribution < 1.29 is 22.1 Å². The van der Waals surface area contributed by atoms with Gasteiger partial charge in [0, 0.05) is 31.9 Å². The fourth-order valence-electron chi connectivity index (χ4n) is 2.49. The summed E-state index contributed by atoms with van der Waals surface area (Å²) in [5.41, 5.74) is 1.28. The van der Waals surface area contributed by atoms with Gasteiger partial charge in [0.05, 0.1) is 12.9 Å². The van der Waals surface area contributed by atoms with Crippen molar-refractivity contribution in [3.05, 3.63) is 29.8 Å². The lowest BCUT2D eigenvalue weighted by Crippen LogP contribution is -2.50. The molecule has 1 aromatic rings. The van der Waals surface area contributed by atoms with E-state index in [2.05, 4.69) is 4.90 Å². The number of rotatable bonds is 4. The van der Waals surface area contributed by atoms with Crippen LogP contribution in [-0.2, 0) is 25.6 Å². The van der Waals surface area contributed by atoms with Crippen LogP contribution < -0.4 is 4.90 Å². The zero-order chi connectivity index (χ0) is 18.7. The highest BCUT2D eigenvalue weighted by atomic mass is 32.2. The van der Waals surface area contributed by atoms with Crippen molar-refractivity contribution in [2.75, 3.05) is 37.3 Å². The largest absolute Gasteiger partial charge is 0.444 e. The predicted octanol–water partition coefficient (Wildman–Crippen LogP) is 2.22. The molecule has 1 heterocycles. The Hall–Kier alpha value is -1.80. The van der Waals surface area contributed by atoms with Crippen LogP contribution in [0.3, 0.4) is 0 Å². The van der Waals surface area contributed by atoms with Crippen molar-refractivity contribution in [3.8, 4) is 0 Å². The van der Waals surface area contributed by atoms with Gasteiger partial charge in [-0.2, -0.15) is 8.42 Å². The molecule has 0 aliphatic carbocycles. The Bertz CT molecular complexity index is 704. The minimum atomic E-state index is -3.46. The highest BCUT2D eigenvalue weighted by Crippen LogP contribution is 2.20. The molecule has 8 heteroatoms. The number of nitrogens with zero attached hydrogens (tertiary/aromatic N) is 2. The van der Waals surface area contributed by atoms with Crippen molar-refractivity contribution in [1.29, 1.82) is 0 Å². The molecule has 1 aromatic carbocycles. The molecule has 1 aliphatic heterocycles. The summed E-state index contributed by atoms with van der Waals surface area (Å²) < 4.78 is 32.4. The molecule has 1 amide bonds. The Morgan fingerprint density at radius 1 is 1.16 bits per heavy atom. The van der Waals surface area contributed by atoms with Crippen LogP contribution in [0.4, 0.5) is 10.5 Å². The average Bonchev–Trinajstić information content (AvgIpc) is 2.51. The minimum absolute atomic E-state index is 0.0184. The fraction of sp³-hybridized carbons (Fsp3) is 0.588. The maximum absolute atomic E-state index is 12.1. The minimum Gasteiger partial charge on any atom is -0.444 e. The second kappa shape index (κ2) is 7.61. The van der Waals surface area contributed by atoms with Crippen LogP contribution in [0.25, 0.3) is 0 Å². The highest BCUT2D eigenvalue weighted by Gasteiger charge is 2.26. The molecule has 1 fully saturated rings. The van der Waals surface area contributed by atoms with Gasteiger partial charge in [-0.05, 0) is 38.5 Å². The highest BCUT2D eigenvalue weighted by molar-refractivity contribution is 7.85.